The number of hydrogen-bond donors (Lipinski definition) is 2. The zero-order chi connectivity index (χ0) is 18.1. The number of carboxylic acids is 1. The lowest BCUT2D eigenvalue weighted by Crippen LogP contribution is -2.35. The Morgan fingerprint density at radius 2 is 1.88 bits per heavy atom. The molecule has 1 saturated carbocycles. The molecule has 9 heteroatoms. The van der Waals surface area contributed by atoms with Crippen LogP contribution in [0.5, 0.6) is 0 Å². The van der Waals surface area contributed by atoms with Gasteiger partial charge in [-0.25, -0.2) is 8.42 Å². The highest BCUT2D eigenvalue weighted by atomic mass is 32.2. The van der Waals surface area contributed by atoms with Crippen LogP contribution in [0.1, 0.15) is 37.0 Å². The van der Waals surface area contributed by atoms with Crippen LogP contribution < -0.4 is 5.32 Å². The van der Waals surface area contributed by atoms with Crippen molar-refractivity contribution in [2.24, 2.45) is 5.41 Å². The summed E-state index contributed by atoms with van der Waals surface area (Å²) in [5.41, 5.74) is -0.798. The summed E-state index contributed by atoms with van der Waals surface area (Å²) in [5, 5.41) is 11.8. The van der Waals surface area contributed by atoms with E-state index < -0.39 is 21.4 Å². The van der Waals surface area contributed by atoms with Crippen LogP contribution in [0.15, 0.2) is 16.3 Å². The molecule has 2 heterocycles. The van der Waals surface area contributed by atoms with Crippen molar-refractivity contribution in [1.29, 1.82) is 0 Å². The van der Waals surface area contributed by atoms with Gasteiger partial charge in [0.2, 0.25) is 5.91 Å². The molecular weight excluding hydrogens is 364 g/mol. The van der Waals surface area contributed by atoms with E-state index in [0.717, 1.165) is 30.6 Å². The summed E-state index contributed by atoms with van der Waals surface area (Å²) in [6.45, 7) is 1.23. The highest BCUT2D eigenvalue weighted by Crippen LogP contribution is 2.45. The largest absolute Gasteiger partial charge is 0.481 e. The van der Waals surface area contributed by atoms with Gasteiger partial charge in [-0.05, 0) is 37.8 Å². The summed E-state index contributed by atoms with van der Waals surface area (Å²) >= 11 is 1.11. The van der Waals surface area contributed by atoms with E-state index in [-0.39, 0.29) is 23.1 Å². The minimum Gasteiger partial charge on any atom is -0.481 e. The lowest BCUT2D eigenvalue weighted by atomic mass is 10.1. The maximum atomic E-state index is 12.6. The summed E-state index contributed by atoms with van der Waals surface area (Å²) in [5.74, 6) is -1.16. The average molecular weight is 386 g/mol. The minimum absolute atomic E-state index is 0.0654. The first-order valence-electron chi connectivity index (χ1n) is 8.42. The Bertz CT molecular complexity index is 761. The van der Waals surface area contributed by atoms with Crippen molar-refractivity contribution in [3.8, 4) is 0 Å². The number of hydrogen-bond acceptors (Lipinski definition) is 5. The van der Waals surface area contributed by atoms with Crippen LogP contribution in [0.2, 0.25) is 0 Å². The monoisotopic (exact) mass is 386 g/mol. The van der Waals surface area contributed by atoms with Gasteiger partial charge in [-0.2, -0.15) is 4.31 Å². The number of sulfonamides is 1. The van der Waals surface area contributed by atoms with E-state index in [9.17, 15) is 18.0 Å². The molecule has 25 heavy (non-hydrogen) atoms. The molecular formula is C16H22N2O5S2. The van der Waals surface area contributed by atoms with Crippen molar-refractivity contribution in [3.05, 3.63) is 17.0 Å². The van der Waals surface area contributed by atoms with Gasteiger partial charge < -0.3 is 10.4 Å². The molecule has 2 aliphatic rings. The number of nitrogens with one attached hydrogen (secondary N) is 1. The van der Waals surface area contributed by atoms with E-state index in [2.05, 4.69) is 5.32 Å². The summed E-state index contributed by atoms with van der Waals surface area (Å²) in [7, 11) is -3.47. The summed E-state index contributed by atoms with van der Waals surface area (Å²) in [6, 6.07) is 3.21. The van der Waals surface area contributed by atoms with E-state index in [1.807, 2.05) is 0 Å². The molecule has 7 nitrogen and oxygen atoms in total. The quantitative estimate of drug-likeness (QED) is 0.738. The Kier molecular flexibility index (Phi) is 5.17. The van der Waals surface area contributed by atoms with Gasteiger partial charge in [0, 0.05) is 24.5 Å². The lowest BCUT2D eigenvalue weighted by Gasteiger charge is -2.25. The van der Waals surface area contributed by atoms with Crippen LogP contribution >= 0.6 is 11.3 Å². The fourth-order valence-electron chi connectivity index (χ4n) is 2.93. The van der Waals surface area contributed by atoms with Crippen molar-refractivity contribution >= 4 is 33.2 Å². The van der Waals surface area contributed by atoms with Gasteiger partial charge in [0.1, 0.15) is 4.21 Å². The molecule has 1 aliphatic carbocycles. The van der Waals surface area contributed by atoms with Crippen LogP contribution in [0.25, 0.3) is 0 Å². The average Bonchev–Trinajstić information content (AvgIpc) is 3.25. The van der Waals surface area contributed by atoms with E-state index in [0.29, 0.717) is 30.8 Å². The smallest absolute Gasteiger partial charge is 0.311 e. The fourth-order valence-corrected chi connectivity index (χ4v) is 5.96. The predicted octanol–water partition coefficient (Wildman–Crippen LogP) is 1.45. The molecule has 0 aromatic carbocycles. The third kappa shape index (κ3) is 4.04. The topological polar surface area (TPSA) is 104 Å². The molecule has 1 saturated heterocycles. The Labute approximate surface area is 151 Å². The molecule has 0 atom stereocenters. The number of rotatable bonds is 7. The SMILES string of the molecule is O=C(Cc1ccc(S(=O)(=O)N2CCCCC2)s1)NCC1(C(=O)O)CC1. The van der Waals surface area contributed by atoms with Gasteiger partial charge >= 0.3 is 5.97 Å². The Hall–Kier alpha value is -1.45. The van der Waals surface area contributed by atoms with Gasteiger partial charge in [-0.3, -0.25) is 9.59 Å². The second-order valence-electron chi connectivity index (χ2n) is 6.72. The van der Waals surface area contributed by atoms with Crippen molar-refractivity contribution in [2.45, 2.75) is 42.7 Å². The second kappa shape index (κ2) is 7.05. The molecule has 2 fully saturated rings. The van der Waals surface area contributed by atoms with Crippen LogP contribution in [-0.4, -0.2) is 49.3 Å². The van der Waals surface area contributed by atoms with Gasteiger partial charge in [-0.15, -0.1) is 11.3 Å². The molecule has 138 valence electrons. The standard InChI is InChI=1S/C16H22N2O5S2/c19-13(17-11-16(6-7-16)15(20)21)10-12-4-5-14(24-12)25(22,23)18-8-2-1-3-9-18/h4-5H,1-3,6-11H2,(H,17,19)(H,20,21). The Morgan fingerprint density at radius 3 is 2.48 bits per heavy atom. The van der Waals surface area contributed by atoms with E-state index >= 15 is 0 Å². The maximum Gasteiger partial charge on any atom is 0.311 e. The summed E-state index contributed by atoms with van der Waals surface area (Å²) in [4.78, 5) is 23.8. The van der Waals surface area contributed by atoms with Crippen LogP contribution in [0.3, 0.4) is 0 Å². The normalized spacial score (nSPS) is 20.2. The number of thiophene rings is 1. The van der Waals surface area contributed by atoms with Gasteiger partial charge in [-0.1, -0.05) is 6.42 Å². The zero-order valence-corrected chi connectivity index (χ0v) is 15.5. The molecule has 1 aromatic rings. The number of carbonyl (C=O) groups is 2. The Morgan fingerprint density at radius 1 is 1.20 bits per heavy atom. The van der Waals surface area contributed by atoms with Crippen molar-refractivity contribution in [2.75, 3.05) is 19.6 Å². The highest BCUT2D eigenvalue weighted by Gasteiger charge is 2.50. The fraction of sp³-hybridized carbons (Fsp3) is 0.625. The number of amides is 1. The summed E-state index contributed by atoms with van der Waals surface area (Å²) in [6.07, 6.45) is 4.05. The van der Waals surface area contributed by atoms with Crippen LogP contribution in [-0.2, 0) is 26.0 Å². The van der Waals surface area contributed by atoms with E-state index in [1.165, 1.54) is 4.31 Å². The van der Waals surface area contributed by atoms with Crippen LogP contribution in [0, 0.1) is 5.41 Å². The number of nitrogens with zero attached hydrogens (tertiary/aromatic N) is 1. The van der Waals surface area contributed by atoms with Gasteiger partial charge in [0.05, 0.1) is 11.8 Å². The molecule has 1 aliphatic heterocycles. The molecule has 0 unspecified atom stereocenters. The molecule has 1 amide bonds. The molecule has 3 rings (SSSR count). The van der Waals surface area contributed by atoms with Crippen molar-refractivity contribution < 1.29 is 23.1 Å². The zero-order valence-electron chi connectivity index (χ0n) is 13.9. The van der Waals surface area contributed by atoms with E-state index in [1.54, 1.807) is 12.1 Å². The number of carbonyl (C=O) groups excluding carboxylic acids is 1. The predicted molar refractivity (Wildman–Crippen MR) is 92.9 cm³/mol. The first-order chi connectivity index (χ1) is 11.8. The molecule has 1 aromatic heterocycles. The number of aliphatic carboxylic acids is 1. The Balaban J connectivity index is 1.58. The van der Waals surface area contributed by atoms with Gasteiger partial charge in [0.25, 0.3) is 10.0 Å². The van der Waals surface area contributed by atoms with Crippen molar-refractivity contribution in [1.82, 2.24) is 9.62 Å². The number of carboxylic acid groups (broad SMARTS) is 1. The molecule has 0 radical (unpaired) electrons. The van der Waals surface area contributed by atoms with Gasteiger partial charge in [0.15, 0.2) is 0 Å². The van der Waals surface area contributed by atoms with E-state index in [4.69, 9.17) is 5.11 Å². The van der Waals surface area contributed by atoms with Crippen molar-refractivity contribution in [3.63, 3.8) is 0 Å². The maximum absolute atomic E-state index is 12.6. The third-order valence-electron chi connectivity index (χ3n) is 4.81. The minimum atomic E-state index is -3.47. The first-order valence-corrected chi connectivity index (χ1v) is 10.7. The molecule has 2 N–H and O–H groups in total. The number of piperidine rings is 1. The second-order valence-corrected chi connectivity index (χ2v) is 10.1. The first kappa shape index (κ1) is 18.3. The highest BCUT2D eigenvalue weighted by molar-refractivity contribution is 7.91. The van der Waals surface area contributed by atoms with Crippen LogP contribution in [0.4, 0.5) is 0 Å². The molecule has 0 spiro atoms. The molecule has 0 bridgehead atoms. The lowest BCUT2D eigenvalue weighted by molar-refractivity contribution is -0.143. The summed E-state index contributed by atoms with van der Waals surface area (Å²) < 4.78 is 27.0. The third-order valence-corrected chi connectivity index (χ3v) is 8.26.